The third-order valence-electron chi connectivity index (χ3n) is 3.00. The molecule has 0 amide bonds. The number of aryl methyl sites for hydroxylation is 1. The standard InChI is InChI=1S/C16H18ClNS.C2H4.CH5N/c1-12-2-5-14(16(17)10-12)11-13-3-6-15(7-4-13)18-8-9-19;2*1-2/h2-7,10,18-19H,8-9,11H2,1H3;1-2H2;2H2,1H3. The smallest absolute Gasteiger partial charge is 0.0444 e. The van der Waals surface area contributed by atoms with E-state index in [2.05, 4.69) is 80.2 Å². The predicted octanol–water partition coefficient (Wildman–Crippen LogP) is 4.96. The van der Waals surface area contributed by atoms with Gasteiger partial charge < -0.3 is 11.1 Å². The van der Waals surface area contributed by atoms with E-state index in [0.717, 1.165) is 29.4 Å². The van der Waals surface area contributed by atoms with Crippen molar-refractivity contribution in [2.75, 3.05) is 24.7 Å². The molecule has 0 spiro atoms. The Labute approximate surface area is 151 Å². The molecule has 0 unspecified atom stereocenters. The summed E-state index contributed by atoms with van der Waals surface area (Å²) in [5.41, 5.74) is 9.26. The molecule has 0 radical (unpaired) electrons. The molecule has 2 aromatic rings. The van der Waals surface area contributed by atoms with E-state index in [0.29, 0.717) is 0 Å². The lowest BCUT2D eigenvalue weighted by molar-refractivity contribution is 1.18. The zero-order valence-corrected chi connectivity index (χ0v) is 15.6. The third-order valence-corrected chi connectivity index (χ3v) is 3.57. The second kappa shape index (κ2) is 13.1. The van der Waals surface area contributed by atoms with E-state index < -0.39 is 0 Å². The third kappa shape index (κ3) is 8.12. The Balaban J connectivity index is 0.00000112. The summed E-state index contributed by atoms with van der Waals surface area (Å²) >= 11 is 10.4. The Morgan fingerprint density at radius 3 is 2.22 bits per heavy atom. The van der Waals surface area contributed by atoms with Gasteiger partial charge in [-0.25, -0.2) is 0 Å². The van der Waals surface area contributed by atoms with Gasteiger partial charge in [0.2, 0.25) is 0 Å². The monoisotopic (exact) mass is 350 g/mol. The van der Waals surface area contributed by atoms with Gasteiger partial charge in [-0.3, -0.25) is 0 Å². The minimum Gasteiger partial charge on any atom is -0.384 e. The summed E-state index contributed by atoms with van der Waals surface area (Å²) in [6.45, 7) is 8.93. The molecule has 0 saturated heterocycles. The van der Waals surface area contributed by atoms with Crippen molar-refractivity contribution in [3.05, 3.63) is 77.3 Å². The molecule has 0 heterocycles. The Bertz CT molecular complexity index is 556. The molecular weight excluding hydrogens is 324 g/mol. The fourth-order valence-electron chi connectivity index (χ4n) is 1.96. The number of halogens is 1. The van der Waals surface area contributed by atoms with Gasteiger partial charge in [0, 0.05) is 23.0 Å². The summed E-state index contributed by atoms with van der Waals surface area (Å²) in [4.78, 5) is 0. The molecule has 0 fully saturated rings. The van der Waals surface area contributed by atoms with Gasteiger partial charge in [0.25, 0.3) is 0 Å². The van der Waals surface area contributed by atoms with Crippen molar-refractivity contribution in [1.29, 1.82) is 0 Å². The highest BCUT2D eigenvalue weighted by Gasteiger charge is 2.02. The SMILES string of the molecule is C=C.CN.Cc1ccc(Cc2ccc(NCCS)cc2)c(Cl)c1. The largest absolute Gasteiger partial charge is 0.384 e. The van der Waals surface area contributed by atoms with Crippen molar-refractivity contribution in [2.45, 2.75) is 13.3 Å². The lowest BCUT2D eigenvalue weighted by atomic mass is 10.0. The van der Waals surface area contributed by atoms with E-state index >= 15 is 0 Å². The number of nitrogens with one attached hydrogen (secondary N) is 1. The van der Waals surface area contributed by atoms with Gasteiger partial charge >= 0.3 is 0 Å². The molecule has 0 aliphatic carbocycles. The highest BCUT2D eigenvalue weighted by Crippen LogP contribution is 2.21. The van der Waals surface area contributed by atoms with Gasteiger partial charge in [-0.05, 0) is 55.3 Å². The van der Waals surface area contributed by atoms with Crippen LogP contribution >= 0.6 is 24.2 Å². The first-order chi connectivity index (χ1) is 11.2. The van der Waals surface area contributed by atoms with Crippen LogP contribution in [0.3, 0.4) is 0 Å². The maximum Gasteiger partial charge on any atom is 0.0444 e. The van der Waals surface area contributed by atoms with Crippen LogP contribution in [0.25, 0.3) is 0 Å². The van der Waals surface area contributed by atoms with Gasteiger partial charge in [-0.15, -0.1) is 13.2 Å². The van der Waals surface area contributed by atoms with Crippen LogP contribution in [0, 0.1) is 6.92 Å². The lowest BCUT2D eigenvalue weighted by Gasteiger charge is -2.08. The Kier molecular flexibility index (Phi) is 12.3. The van der Waals surface area contributed by atoms with Gasteiger partial charge in [-0.2, -0.15) is 12.6 Å². The average molecular weight is 351 g/mol. The molecule has 0 saturated carbocycles. The first kappa shape index (κ1) is 21.6. The Hall–Kier alpha value is -1.42. The lowest BCUT2D eigenvalue weighted by Crippen LogP contribution is -2.02. The van der Waals surface area contributed by atoms with Crippen molar-refractivity contribution in [2.24, 2.45) is 5.73 Å². The molecule has 0 aliphatic heterocycles. The summed E-state index contributed by atoms with van der Waals surface area (Å²) in [7, 11) is 1.50. The molecule has 126 valence electrons. The summed E-state index contributed by atoms with van der Waals surface area (Å²) in [5.74, 6) is 0.834. The average Bonchev–Trinajstić information content (AvgIpc) is 2.60. The quantitative estimate of drug-likeness (QED) is 0.526. The maximum absolute atomic E-state index is 6.26. The number of thiol groups is 1. The van der Waals surface area contributed by atoms with Crippen molar-refractivity contribution in [3.8, 4) is 0 Å². The minimum absolute atomic E-state index is 0.834. The maximum atomic E-state index is 6.26. The number of nitrogens with two attached hydrogens (primary N) is 1. The molecule has 4 heteroatoms. The molecule has 0 aliphatic rings. The number of rotatable bonds is 5. The van der Waals surface area contributed by atoms with Gasteiger partial charge in [-0.1, -0.05) is 35.9 Å². The van der Waals surface area contributed by atoms with Gasteiger partial charge in [0.15, 0.2) is 0 Å². The zero-order valence-electron chi connectivity index (χ0n) is 14.0. The van der Waals surface area contributed by atoms with E-state index in [1.807, 2.05) is 6.07 Å². The summed E-state index contributed by atoms with van der Waals surface area (Å²) in [6.07, 6.45) is 0.867. The van der Waals surface area contributed by atoms with Crippen LogP contribution in [0.4, 0.5) is 5.69 Å². The summed E-state index contributed by atoms with van der Waals surface area (Å²) in [5, 5.41) is 4.15. The summed E-state index contributed by atoms with van der Waals surface area (Å²) < 4.78 is 0. The molecule has 3 N–H and O–H groups in total. The Morgan fingerprint density at radius 2 is 1.70 bits per heavy atom. The zero-order chi connectivity index (χ0) is 17.7. The van der Waals surface area contributed by atoms with E-state index in [-0.39, 0.29) is 0 Å². The van der Waals surface area contributed by atoms with Crippen LogP contribution < -0.4 is 11.1 Å². The first-order valence-corrected chi connectivity index (χ1v) is 8.46. The van der Waals surface area contributed by atoms with Crippen molar-refractivity contribution in [1.82, 2.24) is 0 Å². The molecule has 23 heavy (non-hydrogen) atoms. The van der Waals surface area contributed by atoms with Gasteiger partial charge in [0.05, 0.1) is 0 Å². The van der Waals surface area contributed by atoms with Crippen LogP contribution in [-0.4, -0.2) is 19.3 Å². The molecule has 0 bridgehead atoms. The van der Waals surface area contributed by atoms with E-state index in [1.54, 1.807) is 0 Å². The molecule has 2 rings (SSSR count). The normalized spacial score (nSPS) is 9.09. The highest BCUT2D eigenvalue weighted by atomic mass is 35.5. The minimum atomic E-state index is 0.834. The van der Waals surface area contributed by atoms with Crippen molar-refractivity contribution >= 4 is 29.9 Å². The van der Waals surface area contributed by atoms with E-state index in [4.69, 9.17) is 11.6 Å². The second-order valence-electron chi connectivity index (χ2n) is 4.62. The molecule has 2 nitrogen and oxygen atoms in total. The van der Waals surface area contributed by atoms with Crippen LogP contribution in [0.2, 0.25) is 5.02 Å². The van der Waals surface area contributed by atoms with Crippen LogP contribution in [0.1, 0.15) is 16.7 Å². The van der Waals surface area contributed by atoms with Crippen molar-refractivity contribution < 1.29 is 0 Å². The van der Waals surface area contributed by atoms with Gasteiger partial charge in [0.1, 0.15) is 0 Å². The van der Waals surface area contributed by atoms with Crippen LogP contribution in [-0.2, 0) is 6.42 Å². The highest BCUT2D eigenvalue weighted by molar-refractivity contribution is 7.80. The Morgan fingerprint density at radius 1 is 1.09 bits per heavy atom. The molecule has 0 atom stereocenters. The fourth-order valence-corrected chi connectivity index (χ4v) is 2.37. The van der Waals surface area contributed by atoms with Crippen LogP contribution in [0.5, 0.6) is 0 Å². The predicted molar refractivity (Wildman–Crippen MR) is 109 cm³/mol. The number of hydrogen-bond donors (Lipinski definition) is 3. The first-order valence-electron chi connectivity index (χ1n) is 7.45. The van der Waals surface area contributed by atoms with E-state index in [1.165, 1.54) is 23.7 Å². The van der Waals surface area contributed by atoms with E-state index in [9.17, 15) is 0 Å². The molecular formula is C19H27ClN2S. The number of hydrogen-bond acceptors (Lipinski definition) is 3. The van der Waals surface area contributed by atoms with Crippen LogP contribution in [0.15, 0.2) is 55.6 Å². The van der Waals surface area contributed by atoms with Crippen molar-refractivity contribution in [3.63, 3.8) is 0 Å². The number of anilines is 1. The topological polar surface area (TPSA) is 38.0 Å². The number of benzene rings is 2. The molecule has 0 aromatic heterocycles. The fraction of sp³-hybridized carbons (Fsp3) is 0.263. The molecule has 2 aromatic carbocycles. The second-order valence-corrected chi connectivity index (χ2v) is 5.47. The summed E-state index contributed by atoms with van der Waals surface area (Å²) in [6, 6.07) is 14.7.